The highest BCUT2D eigenvalue weighted by molar-refractivity contribution is 7.16. The van der Waals surface area contributed by atoms with Crippen LogP contribution in [0.4, 0.5) is 0 Å². The molecule has 0 radical (unpaired) electrons. The van der Waals surface area contributed by atoms with Gasteiger partial charge in [0, 0.05) is 17.5 Å². The van der Waals surface area contributed by atoms with E-state index < -0.39 is 5.60 Å². The number of hydrogen-bond acceptors (Lipinski definition) is 3. The molecule has 2 aliphatic carbocycles. The van der Waals surface area contributed by atoms with Crippen LogP contribution >= 0.6 is 22.9 Å². The maximum absolute atomic E-state index is 10.3. The number of aliphatic hydroxyl groups is 1. The van der Waals surface area contributed by atoms with Gasteiger partial charge < -0.3 is 10.4 Å². The number of rotatable bonds is 3. The van der Waals surface area contributed by atoms with E-state index in [1.165, 1.54) is 23.3 Å². The van der Waals surface area contributed by atoms with E-state index >= 15 is 0 Å². The van der Waals surface area contributed by atoms with Crippen molar-refractivity contribution in [2.75, 3.05) is 6.54 Å². The molecule has 4 heteroatoms. The molecule has 17 heavy (non-hydrogen) atoms. The highest BCUT2D eigenvalue weighted by Gasteiger charge is 2.33. The molecule has 1 atom stereocenters. The minimum Gasteiger partial charge on any atom is -0.389 e. The van der Waals surface area contributed by atoms with Crippen LogP contribution in [0.25, 0.3) is 0 Å². The zero-order chi connectivity index (χ0) is 11.9. The first kappa shape index (κ1) is 12.0. The number of nitrogens with one attached hydrogen (secondary N) is 1. The van der Waals surface area contributed by atoms with Gasteiger partial charge in [0.05, 0.1) is 9.94 Å². The largest absolute Gasteiger partial charge is 0.389 e. The van der Waals surface area contributed by atoms with Gasteiger partial charge in [0.25, 0.3) is 0 Å². The molecular weight excluding hydrogens is 254 g/mol. The first-order valence-corrected chi connectivity index (χ1v) is 7.60. The van der Waals surface area contributed by atoms with Crippen LogP contribution in [0, 0.1) is 0 Å². The standard InChI is InChI=1S/C13H18ClNOS/c14-12-7-9-10(3-4-11(9)17-12)15-8-13(16)5-1-2-6-13/h7,10,15-16H,1-6,8H2. The summed E-state index contributed by atoms with van der Waals surface area (Å²) >= 11 is 7.74. The van der Waals surface area contributed by atoms with E-state index in [0.29, 0.717) is 6.04 Å². The molecule has 0 amide bonds. The third-order valence-corrected chi connectivity index (χ3v) is 5.40. The summed E-state index contributed by atoms with van der Waals surface area (Å²) in [5, 5.41) is 13.9. The van der Waals surface area contributed by atoms with Crippen molar-refractivity contribution in [3.05, 3.63) is 20.8 Å². The van der Waals surface area contributed by atoms with E-state index in [0.717, 1.165) is 36.6 Å². The number of aryl methyl sites for hydroxylation is 1. The fraction of sp³-hybridized carbons (Fsp3) is 0.692. The third-order valence-electron chi connectivity index (χ3n) is 4.06. The first-order valence-electron chi connectivity index (χ1n) is 6.40. The van der Waals surface area contributed by atoms with E-state index in [-0.39, 0.29) is 0 Å². The van der Waals surface area contributed by atoms with Crippen molar-refractivity contribution in [3.63, 3.8) is 0 Å². The maximum Gasteiger partial charge on any atom is 0.0934 e. The van der Waals surface area contributed by atoms with E-state index in [1.807, 2.05) is 0 Å². The highest BCUT2D eigenvalue weighted by Crippen LogP contribution is 2.39. The van der Waals surface area contributed by atoms with Gasteiger partial charge in [-0.25, -0.2) is 0 Å². The Balaban J connectivity index is 1.63. The Kier molecular flexibility index (Phi) is 3.20. The predicted molar refractivity (Wildman–Crippen MR) is 71.8 cm³/mol. The van der Waals surface area contributed by atoms with Gasteiger partial charge in [-0.3, -0.25) is 0 Å². The molecule has 0 bridgehead atoms. The average molecular weight is 272 g/mol. The molecule has 0 aromatic carbocycles. The Bertz CT molecular complexity index is 412. The van der Waals surface area contributed by atoms with Gasteiger partial charge in [0.2, 0.25) is 0 Å². The molecule has 1 unspecified atom stereocenters. The lowest BCUT2D eigenvalue weighted by atomic mass is 10.0. The zero-order valence-corrected chi connectivity index (χ0v) is 11.4. The van der Waals surface area contributed by atoms with Crippen LogP contribution in [-0.4, -0.2) is 17.3 Å². The van der Waals surface area contributed by atoms with Crippen LogP contribution in [-0.2, 0) is 6.42 Å². The second kappa shape index (κ2) is 4.54. The minimum atomic E-state index is -0.456. The molecule has 1 aromatic heterocycles. The molecule has 2 aliphatic rings. The fourth-order valence-corrected chi connectivity index (χ4v) is 4.42. The summed E-state index contributed by atoms with van der Waals surface area (Å²) in [6, 6.07) is 2.49. The summed E-state index contributed by atoms with van der Waals surface area (Å²) in [6.07, 6.45) is 6.50. The van der Waals surface area contributed by atoms with Crippen LogP contribution in [0.3, 0.4) is 0 Å². The van der Waals surface area contributed by atoms with Gasteiger partial charge >= 0.3 is 0 Å². The zero-order valence-electron chi connectivity index (χ0n) is 9.84. The molecule has 3 rings (SSSR count). The summed E-state index contributed by atoms with van der Waals surface area (Å²) in [5.41, 5.74) is 0.907. The van der Waals surface area contributed by atoms with Gasteiger partial charge in [-0.2, -0.15) is 0 Å². The Morgan fingerprint density at radius 3 is 3.00 bits per heavy atom. The second-order valence-corrected chi connectivity index (χ2v) is 7.10. The van der Waals surface area contributed by atoms with Crippen molar-refractivity contribution in [1.82, 2.24) is 5.32 Å². The van der Waals surface area contributed by atoms with E-state index in [1.54, 1.807) is 11.3 Å². The molecule has 0 spiro atoms. The van der Waals surface area contributed by atoms with Crippen LogP contribution in [0.1, 0.15) is 48.6 Å². The molecule has 2 N–H and O–H groups in total. The number of thiophene rings is 1. The molecule has 1 fully saturated rings. The van der Waals surface area contributed by atoms with Crippen molar-refractivity contribution in [2.45, 2.75) is 50.2 Å². The van der Waals surface area contributed by atoms with Crippen molar-refractivity contribution in [3.8, 4) is 0 Å². The van der Waals surface area contributed by atoms with Crippen LogP contribution < -0.4 is 5.32 Å². The quantitative estimate of drug-likeness (QED) is 0.884. The molecule has 94 valence electrons. The number of fused-ring (bicyclic) bond motifs is 1. The van der Waals surface area contributed by atoms with Crippen molar-refractivity contribution >= 4 is 22.9 Å². The Morgan fingerprint density at radius 2 is 2.24 bits per heavy atom. The lowest BCUT2D eigenvalue weighted by Gasteiger charge is -2.25. The molecule has 0 aliphatic heterocycles. The fourth-order valence-electron chi connectivity index (χ4n) is 3.07. The topological polar surface area (TPSA) is 32.3 Å². The van der Waals surface area contributed by atoms with Gasteiger partial charge in [-0.1, -0.05) is 24.4 Å². The summed E-state index contributed by atoms with van der Waals surface area (Å²) in [7, 11) is 0. The average Bonchev–Trinajstić information content (AvgIpc) is 2.93. The highest BCUT2D eigenvalue weighted by atomic mass is 35.5. The van der Waals surface area contributed by atoms with Crippen LogP contribution in [0.2, 0.25) is 4.34 Å². The SMILES string of the molecule is OC1(CNC2CCc3sc(Cl)cc32)CCCC1. The van der Waals surface area contributed by atoms with E-state index in [4.69, 9.17) is 11.6 Å². The van der Waals surface area contributed by atoms with Crippen molar-refractivity contribution < 1.29 is 5.11 Å². The van der Waals surface area contributed by atoms with E-state index in [2.05, 4.69) is 11.4 Å². The molecule has 2 nitrogen and oxygen atoms in total. The van der Waals surface area contributed by atoms with E-state index in [9.17, 15) is 5.11 Å². The van der Waals surface area contributed by atoms with Gasteiger partial charge in [0.15, 0.2) is 0 Å². The third kappa shape index (κ3) is 2.39. The van der Waals surface area contributed by atoms with Crippen molar-refractivity contribution in [1.29, 1.82) is 0 Å². The molecule has 1 aromatic rings. The lowest BCUT2D eigenvalue weighted by molar-refractivity contribution is 0.0448. The van der Waals surface area contributed by atoms with Crippen LogP contribution in [0.15, 0.2) is 6.07 Å². The van der Waals surface area contributed by atoms with Crippen LogP contribution in [0.5, 0.6) is 0 Å². The normalized spacial score (nSPS) is 26.4. The molecule has 1 heterocycles. The Labute approximate surface area is 111 Å². The number of hydrogen-bond donors (Lipinski definition) is 2. The van der Waals surface area contributed by atoms with Gasteiger partial charge in [-0.15, -0.1) is 11.3 Å². The van der Waals surface area contributed by atoms with Gasteiger partial charge in [0.1, 0.15) is 0 Å². The summed E-state index contributed by atoms with van der Waals surface area (Å²) < 4.78 is 0.890. The Morgan fingerprint density at radius 1 is 1.47 bits per heavy atom. The van der Waals surface area contributed by atoms with Crippen molar-refractivity contribution in [2.24, 2.45) is 0 Å². The summed E-state index contributed by atoms with van der Waals surface area (Å²) in [4.78, 5) is 1.42. The second-order valence-electron chi connectivity index (χ2n) is 5.33. The lowest BCUT2D eigenvalue weighted by Crippen LogP contribution is -2.39. The maximum atomic E-state index is 10.3. The summed E-state index contributed by atoms with van der Waals surface area (Å²) in [5.74, 6) is 0. The monoisotopic (exact) mass is 271 g/mol. The molecular formula is C13H18ClNOS. The minimum absolute atomic E-state index is 0.401. The number of halogens is 1. The smallest absolute Gasteiger partial charge is 0.0934 e. The first-order chi connectivity index (χ1) is 8.16. The predicted octanol–water partition coefficient (Wildman–Crippen LogP) is 3.28. The molecule has 0 saturated heterocycles. The Hall–Kier alpha value is -0.0900. The van der Waals surface area contributed by atoms with Gasteiger partial charge in [-0.05, 0) is 37.3 Å². The molecule has 1 saturated carbocycles. The summed E-state index contributed by atoms with van der Waals surface area (Å²) in [6.45, 7) is 0.727.